The standard InChI is InChI=1S/C6H14O.C4H8O2/c1-5-6(2,3)7-4;1-3-6-4(2)5/h5H2,1-4H3;3H2,1-2H3. The summed E-state index contributed by atoms with van der Waals surface area (Å²) in [5, 5.41) is 0. The minimum atomic E-state index is -0.211. The van der Waals surface area contributed by atoms with Crippen LogP contribution in [0.2, 0.25) is 0 Å². The van der Waals surface area contributed by atoms with Crippen LogP contribution in [-0.2, 0) is 14.3 Å². The zero-order chi connectivity index (χ0) is 10.9. The SMILES string of the molecule is CCC(C)(C)OC.CCOC(C)=O. The zero-order valence-corrected chi connectivity index (χ0v) is 9.64. The Morgan fingerprint density at radius 1 is 1.31 bits per heavy atom. The van der Waals surface area contributed by atoms with Gasteiger partial charge in [-0.25, -0.2) is 0 Å². The molecular formula is C10H22O3. The lowest BCUT2D eigenvalue weighted by Gasteiger charge is -2.19. The fourth-order valence-corrected chi connectivity index (χ4v) is 0.348. The van der Waals surface area contributed by atoms with E-state index >= 15 is 0 Å². The first-order chi connectivity index (χ1) is 5.89. The van der Waals surface area contributed by atoms with Crippen LogP contribution in [0.1, 0.15) is 41.0 Å². The molecule has 0 rings (SSSR count). The van der Waals surface area contributed by atoms with E-state index in [-0.39, 0.29) is 11.6 Å². The van der Waals surface area contributed by atoms with Gasteiger partial charge < -0.3 is 9.47 Å². The van der Waals surface area contributed by atoms with Crippen LogP contribution in [0.15, 0.2) is 0 Å². The molecule has 0 bridgehead atoms. The molecule has 0 spiro atoms. The van der Waals surface area contributed by atoms with Crippen LogP contribution >= 0.6 is 0 Å². The van der Waals surface area contributed by atoms with Gasteiger partial charge in [-0.2, -0.15) is 0 Å². The molecular weight excluding hydrogens is 168 g/mol. The molecule has 0 aliphatic carbocycles. The Hall–Kier alpha value is -0.570. The molecule has 0 amide bonds. The maximum absolute atomic E-state index is 9.82. The molecule has 0 aromatic heterocycles. The predicted molar refractivity (Wildman–Crippen MR) is 53.7 cm³/mol. The molecule has 0 N–H and O–H groups in total. The summed E-state index contributed by atoms with van der Waals surface area (Å²) < 4.78 is 9.49. The molecule has 0 saturated heterocycles. The van der Waals surface area contributed by atoms with Crippen molar-refractivity contribution in [3.63, 3.8) is 0 Å². The summed E-state index contributed by atoms with van der Waals surface area (Å²) in [4.78, 5) is 9.82. The third kappa shape index (κ3) is 14.3. The van der Waals surface area contributed by atoms with Crippen molar-refractivity contribution in [3.05, 3.63) is 0 Å². The normalized spacial score (nSPS) is 10.0. The molecule has 80 valence electrons. The highest BCUT2D eigenvalue weighted by atomic mass is 16.5. The Bertz CT molecular complexity index is 124. The fraction of sp³-hybridized carbons (Fsp3) is 0.900. The second kappa shape index (κ2) is 8.05. The first-order valence-electron chi connectivity index (χ1n) is 4.58. The monoisotopic (exact) mass is 190 g/mol. The van der Waals surface area contributed by atoms with Crippen molar-refractivity contribution in [2.75, 3.05) is 13.7 Å². The lowest BCUT2D eigenvalue weighted by Crippen LogP contribution is -2.20. The first kappa shape index (κ1) is 14.9. The van der Waals surface area contributed by atoms with Crippen LogP contribution < -0.4 is 0 Å². The van der Waals surface area contributed by atoms with Gasteiger partial charge in [0.05, 0.1) is 12.2 Å². The lowest BCUT2D eigenvalue weighted by atomic mass is 10.1. The average Bonchev–Trinajstić information content (AvgIpc) is 2.05. The van der Waals surface area contributed by atoms with E-state index in [2.05, 4.69) is 25.5 Å². The summed E-state index contributed by atoms with van der Waals surface area (Å²) in [6.07, 6.45) is 1.07. The zero-order valence-electron chi connectivity index (χ0n) is 9.64. The minimum Gasteiger partial charge on any atom is -0.466 e. The van der Waals surface area contributed by atoms with E-state index in [1.54, 1.807) is 14.0 Å². The third-order valence-corrected chi connectivity index (χ3v) is 1.75. The number of carbonyl (C=O) groups excluding carboxylic acids is 1. The van der Waals surface area contributed by atoms with E-state index in [9.17, 15) is 4.79 Å². The smallest absolute Gasteiger partial charge is 0.302 e. The van der Waals surface area contributed by atoms with Gasteiger partial charge in [0.1, 0.15) is 0 Å². The molecule has 0 fully saturated rings. The Balaban J connectivity index is 0. The summed E-state index contributed by atoms with van der Waals surface area (Å²) in [5.41, 5.74) is 0.0833. The highest BCUT2D eigenvalue weighted by Gasteiger charge is 2.10. The van der Waals surface area contributed by atoms with Crippen molar-refractivity contribution < 1.29 is 14.3 Å². The molecule has 0 aromatic carbocycles. The maximum Gasteiger partial charge on any atom is 0.302 e. The van der Waals surface area contributed by atoms with Crippen LogP contribution in [0.4, 0.5) is 0 Å². The molecule has 0 atom stereocenters. The number of carbonyl (C=O) groups is 1. The van der Waals surface area contributed by atoms with Gasteiger partial charge in [-0.15, -0.1) is 0 Å². The Morgan fingerprint density at radius 2 is 1.77 bits per heavy atom. The van der Waals surface area contributed by atoms with Crippen molar-refractivity contribution in [1.82, 2.24) is 0 Å². The first-order valence-corrected chi connectivity index (χ1v) is 4.58. The summed E-state index contributed by atoms with van der Waals surface area (Å²) in [5.74, 6) is -0.211. The van der Waals surface area contributed by atoms with Gasteiger partial charge >= 0.3 is 5.97 Å². The van der Waals surface area contributed by atoms with E-state index < -0.39 is 0 Å². The molecule has 0 radical (unpaired) electrons. The maximum atomic E-state index is 9.82. The van der Waals surface area contributed by atoms with Crippen molar-refractivity contribution in [3.8, 4) is 0 Å². The van der Waals surface area contributed by atoms with Gasteiger partial charge in [0.15, 0.2) is 0 Å². The highest BCUT2D eigenvalue weighted by molar-refractivity contribution is 5.65. The Kier molecular flexibility index (Phi) is 9.24. The largest absolute Gasteiger partial charge is 0.466 e. The Labute approximate surface area is 81.4 Å². The topological polar surface area (TPSA) is 35.5 Å². The fourth-order valence-electron chi connectivity index (χ4n) is 0.348. The summed E-state index contributed by atoms with van der Waals surface area (Å²) >= 11 is 0. The number of ether oxygens (including phenoxy) is 2. The van der Waals surface area contributed by atoms with Crippen molar-refractivity contribution in [2.24, 2.45) is 0 Å². The molecule has 0 aliphatic rings. The van der Waals surface area contributed by atoms with E-state index in [4.69, 9.17) is 4.74 Å². The number of hydrogen-bond acceptors (Lipinski definition) is 3. The summed E-state index contributed by atoms with van der Waals surface area (Å²) in [6, 6.07) is 0. The van der Waals surface area contributed by atoms with Crippen molar-refractivity contribution >= 4 is 5.97 Å². The molecule has 0 saturated carbocycles. The van der Waals surface area contributed by atoms with E-state index in [1.165, 1.54) is 6.92 Å². The van der Waals surface area contributed by atoms with Crippen LogP contribution in [0.25, 0.3) is 0 Å². The highest BCUT2D eigenvalue weighted by Crippen LogP contribution is 2.10. The van der Waals surface area contributed by atoms with Gasteiger partial charge in [0.25, 0.3) is 0 Å². The van der Waals surface area contributed by atoms with Crippen molar-refractivity contribution in [1.29, 1.82) is 0 Å². The van der Waals surface area contributed by atoms with Gasteiger partial charge in [-0.05, 0) is 27.2 Å². The van der Waals surface area contributed by atoms with Crippen LogP contribution in [-0.4, -0.2) is 25.3 Å². The van der Waals surface area contributed by atoms with E-state index in [1.807, 2.05) is 0 Å². The number of esters is 1. The summed E-state index contributed by atoms with van der Waals surface area (Å²) in [6.45, 7) is 9.92. The molecule has 0 unspecified atom stereocenters. The molecule has 13 heavy (non-hydrogen) atoms. The number of hydrogen-bond donors (Lipinski definition) is 0. The minimum absolute atomic E-state index is 0.0833. The predicted octanol–water partition coefficient (Wildman–Crippen LogP) is 2.39. The van der Waals surface area contributed by atoms with Gasteiger partial charge in [0.2, 0.25) is 0 Å². The van der Waals surface area contributed by atoms with Gasteiger partial charge in [-0.3, -0.25) is 4.79 Å². The van der Waals surface area contributed by atoms with Crippen LogP contribution in [0.3, 0.4) is 0 Å². The second-order valence-corrected chi connectivity index (χ2v) is 3.24. The van der Waals surface area contributed by atoms with E-state index in [0.29, 0.717) is 6.61 Å². The molecule has 0 aliphatic heterocycles. The van der Waals surface area contributed by atoms with Crippen LogP contribution in [0, 0.1) is 0 Å². The number of methoxy groups -OCH3 is 1. The van der Waals surface area contributed by atoms with Gasteiger partial charge in [0, 0.05) is 14.0 Å². The van der Waals surface area contributed by atoms with Gasteiger partial charge in [-0.1, -0.05) is 6.92 Å². The quantitative estimate of drug-likeness (QED) is 0.641. The average molecular weight is 190 g/mol. The molecule has 3 nitrogen and oxygen atoms in total. The molecule has 0 aromatic rings. The van der Waals surface area contributed by atoms with E-state index in [0.717, 1.165) is 6.42 Å². The second-order valence-electron chi connectivity index (χ2n) is 3.24. The van der Waals surface area contributed by atoms with Crippen molar-refractivity contribution in [2.45, 2.75) is 46.6 Å². The molecule has 3 heteroatoms. The molecule has 0 heterocycles. The lowest BCUT2D eigenvalue weighted by molar-refractivity contribution is -0.140. The summed E-state index contributed by atoms with van der Waals surface area (Å²) in [7, 11) is 1.74. The van der Waals surface area contributed by atoms with Crippen LogP contribution in [0.5, 0.6) is 0 Å². The number of rotatable bonds is 3. The third-order valence-electron chi connectivity index (χ3n) is 1.75. The Morgan fingerprint density at radius 3 is 1.77 bits per heavy atom.